The Bertz CT molecular complexity index is 656. The number of Topliss-reactive ketones (excluding diaryl/α,β-unsaturated/α-hetero) is 1. The highest BCUT2D eigenvalue weighted by Gasteiger charge is 2.13. The molecule has 18 heavy (non-hydrogen) atoms. The fraction of sp³-hybridized carbons (Fsp3) is 0.364. The van der Waals surface area contributed by atoms with E-state index in [0.717, 1.165) is 12.5 Å². The molecule has 0 aliphatic carbocycles. The van der Waals surface area contributed by atoms with Crippen LogP contribution in [0.3, 0.4) is 0 Å². The number of benzene rings is 1. The molecule has 0 aliphatic heterocycles. The Hall–Kier alpha value is -1.21. The van der Waals surface area contributed by atoms with Crippen LogP contribution in [-0.2, 0) is 19.7 Å². The molecule has 0 heterocycles. The summed E-state index contributed by atoms with van der Waals surface area (Å²) in [6.45, 7) is 0. The molecule has 0 N–H and O–H groups in total. The van der Waals surface area contributed by atoms with Gasteiger partial charge in [0.25, 0.3) is 0 Å². The molecule has 1 rings (SSSR count). The lowest BCUT2D eigenvalue weighted by Gasteiger charge is -2.03. The maximum atomic E-state index is 11.7. The Kier molecular flexibility index (Phi) is 4.28. The highest BCUT2D eigenvalue weighted by atomic mass is 32.2. The predicted molar refractivity (Wildman–Crippen MR) is 68.2 cm³/mol. The molecule has 0 atom stereocenters. The van der Waals surface area contributed by atoms with E-state index < -0.39 is 19.7 Å². The summed E-state index contributed by atoms with van der Waals surface area (Å²) < 4.78 is 44.5. The first-order valence-corrected chi connectivity index (χ1v) is 9.06. The Labute approximate surface area is 107 Å². The molecule has 1 aromatic carbocycles. The number of sulfone groups is 2. The predicted octanol–water partition coefficient (Wildman–Crippen LogP) is 0.708. The largest absolute Gasteiger partial charge is 0.294 e. The summed E-state index contributed by atoms with van der Waals surface area (Å²) in [4.78, 5) is 11.8. The van der Waals surface area contributed by atoms with Crippen LogP contribution in [0.4, 0.5) is 0 Å². The van der Waals surface area contributed by atoms with Crippen LogP contribution >= 0.6 is 0 Å². The number of carbonyl (C=O) groups excluding carboxylic acids is 1. The maximum Gasteiger partial charge on any atom is 0.175 e. The van der Waals surface area contributed by atoms with E-state index in [1.165, 1.54) is 24.3 Å². The van der Waals surface area contributed by atoms with Gasteiger partial charge in [0.2, 0.25) is 0 Å². The van der Waals surface area contributed by atoms with Gasteiger partial charge >= 0.3 is 0 Å². The third kappa shape index (κ3) is 4.58. The minimum atomic E-state index is -3.37. The zero-order chi connectivity index (χ0) is 14.0. The van der Waals surface area contributed by atoms with Crippen LogP contribution in [0.15, 0.2) is 29.2 Å². The van der Waals surface area contributed by atoms with Crippen molar-refractivity contribution in [2.45, 2.75) is 11.3 Å². The second-order valence-electron chi connectivity index (χ2n) is 4.10. The molecular formula is C11H14O5S2. The zero-order valence-electron chi connectivity index (χ0n) is 10.1. The second-order valence-corrected chi connectivity index (χ2v) is 8.38. The molecule has 0 bridgehead atoms. The molecular weight excluding hydrogens is 276 g/mol. The summed E-state index contributed by atoms with van der Waals surface area (Å²) in [5, 5.41) is 0. The topological polar surface area (TPSA) is 85.3 Å². The van der Waals surface area contributed by atoms with Crippen molar-refractivity contribution in [1.29, 1.82) is 0 Å². The molecule has 0 aliphatic rings. The lowest BCUT2D eigenvalue weighted by molar-refractivity contribution is 0.0988. The van der Waals surface area contributed by atoms with Crippen LogP contribution < -0.4 is 0 Å². The SMILES string of the molecule is CS(=O)(=O)CCC(=O)c1cccc(S(C)(=O)=O)c1. The van der Waals surface area contributed by atoms with Crippen molar-refractivity contribution >= 4 is 25.5 Å². The molecule has 0 saturated carbocycles. The molecule has 0 saturated heterocycles. The van der Waals surface area contributed by atoms with Crippen LogP contribution in [0.1, 0.15) is 16.8 Å². The monoisotopic (exact) mass is 290 g/mol. The van der Waals surface area contributed by atoms with Gasteiger partial charge in [0.05, 0.1) is 10.6 Å². The summed E-state index contributed by atoms with van der Waals surface area (Å²) >= 11 is 0. The van der Waals surface area contributed by atoms with Gasteiger partial charge in [-0.3, -0.25) is 4.79 Å². The summed E-state index contributed by atoms with van der Waals surface area (Å²) in [7, 11) is -6.58. The third-order valence-corrected chi connectivity index (χ3v) is 4.34. The van der Waals surface area contributed by atoms with Crippen LogP contribution in [0, 0.1) is 0 Å². The van der Waals surface area contributed by atoms with E-state index >= 15 is 0 Å². The Morgan fingerprint density at radius 1 is 1.11 bits per heavy atom. The second kappa shape index (κ2) is 5.19. The maximum absolute atomic E-state index is 11.7. The zero-order valence-corrected chi connectivity index (χ0v) is 11.7. The third-order valence-electron chi connectivity index (χ3n) is 2.28. The van der Waals surface area contributed by atoms with Gasteiger partial charge in [-0.1, -0.05) is 12.1 Å². The van der Waals surface area contributed by atoms with E-state index in [9.17, 15) is 21.6 Å². The standard InChI is InChI=1S/C11H14O5S2/c1-17(13,14)7-6-11(12)9-4-3-5-10(8-9)18(2,15)16/h3-5,8H,6-7H2,1-2H3. The number of rotatable bonds is 5. The van der Waals surface area contributed by atoms with E-state index in [2.05, 4.69) is 0 Å². The van der Waals surface area contributed by atoms with Gasteiger partial charge in [0.1, 0.15) is 9.84 Å². The van der Waals surface area contributed by atoms with Crippen molar-refractivity contribution in [3.05, 3.63) is 29.8 Å². The summed E-state index contributed by atoms with van der Waals surface area (Å²) in [5.41, 5.74) is 0.210. The summed E-state index contributed by atoms with van der Waals surface area (Å²) in [6.07, 6.45) is 1.95. The van der Waals surface area contributed by atoms with Crippen molar-refractivity contribution in [2.75, 3.05) is 18.3 Å². The molecule has 0 fully saturated rings. The number of hydrogen-bond acceptors (Lipinski definition) is 5. The fourth-order valence-electron chi connectivity index (χ4n) is 1.32. The molecule has 100 valence electrons. The summed E-state index contributed by atoms with van der Waals surface area (Å²) in [5.74, 6) is -0.625. The Balaban J connectivity index is 2.95. The van der Waals surface area contributed by atoms with Gasteiger partial charge in [-0.25, -0.2) is 16.8 Å². The van der Waals surface area contributed by atoms with Crippen LogP contribution in [-0.4, -0.2) is 40.9 Å². The van der Waals surface area contributed by atoms with E-state index in [4.69, 9.17) is 0 Å². The molecule has 0 aromatic heterocycles. The van der Waals surface area contributed by atoms with E-state index in [1.54, 1.807) is 0 Å². The highest BCUT2D eigenvalue weighted by molar-refractivity contribution is 7.91. The Morgan fingerprint density at radius 3 is 2.22 bits per heavy atom. The summed E-state index contributed by atoms with van der Waals surface area (Å²) in [6, 6.07) is 5.59. The molecule has 1 aromatic rings. The quantitative estimate of drug-likeness (QED) is 0.745. The smallest absolute Gasteiger partial charge is 0.175 e. The Morgan fingerprint density at radius 2 is 1.72 bits per heavy atom. The van der Waals surface area contributed by atoms with Crippen molar-refractivity contribution in [3.8, 4) is 0 Å². The van der Waals surface area contributed by atoms with Crippen molar-refractivity contribution in [3.63, 3.8) is 0 Å². The van der Waals surface area contributed by atoms with Gasteiger partial charge < -0.3 is 0 Å². The van der Waals surface area contributed by atoms with E-state index in [1.807, 2.05) is 0 Å². The van der Waals surface area contributed by atoms with Gasteiger partial charge in [-0.05, 0) is 12.1 Å². The van der Waals surface area contributed by atoms with Crippen LogP contribution in [0.2, 0.25) is 0 Å². The van der Waals surface area contributed by atoms with Gasteiger partial charge in [-0.15, -0.1) is 0 Å². The number of hydrogen-bond donors (Lipinski definition) is 0. The fourth-order valence-corrected chi connectivity index (χ4v) is 2.55. The number of ketones is 1. The molecule has 0 spiro atoms. The first kappa shape index (κ1) is 14.8. The minimum Gasteiger partial charge on any atom is -0.294 e. The van der Waals surface area contributed by atoms with E-state index in [0.29, 0.717) is 0 Å². The minimum absolute atomic E-state index is 0.0488. The highest BCUT2D eigenvalue weighted by Crippen LogP contribution is 2.13. The average Bonchev–Trinajstić information content (AvgIpc) is 2.24. The van der Waals surface area contributed by atoms with Crippen molar-refractivity contribution < 1.29 is 21.6 Å². The van der Waals surface area contributed by atoms with Crippen molar-refractivity contribution in [2.24, 2.45) is 0 Å². The van der Waals surface area contributed by atoms with Gasteiger partial charge in [-0.2, -0.15) is 0 Å². The molecule has 0 unspecified atom stereocenters. The first-order valence-electron chi connectivity index (χ1n) is 5.11. The van der Waals surface area contributed by atoms with Gasteiger partial charge in [0.15, 0.2) is 15.6 Å². The van der Waals surface area contributed by atoms with Crippen molar-refractivity contribution in [1.82, 2.24) is 0 Å². The van der Waals surface area contributed by atoms with Gasteiger partial charge in [0, 0.05) is 24.5 Å². The average molecular weight is 290 g/mol. The lowest BCUT2D eigenvalue weighted by Crippen LogP contribution is -2.10. The molecule has 0 amide bonds. The molecule has 7 heteroatoms. The van der Waals surface area contributed by atoms with Crippen LogP contribution in [0.5, 0.6) is 0 Å². The van der Waals surface area contributed by atoms with E-state index in [-0.39, 0.29) is 28.4 Å². The normalized spacial score (nSPS) is 12.3. The van der Waals surface area contributed by atoms with Crippen LogP contribution in [0.25, 0.3) is 0 Å². The lowest BCUT2D eigenvalue weighted by atomic mass is 10.1. The first-order chi connectivity index (χ1) is 8.09. The number of carbonyl (C=O) groups is 1. The molecule has 0 radical (unpaired) electrons. The molecule has 5 nitrogen and oxygen atoms in total.